The molecule has 0 aliphatic carbocycles. The van der Waals surface area contributed by atoms with E-state index in [0.29, 0.717) is 10.0 Å². The molecule has 0 fully saturated rings. The topological polar surface area (TPSA) is 26.0 Å². The Hall–Kier alpha value is -0.190. The number of hydrogen-bond donors (Lipinski definition) is 1. The first-order chi connectivity index (χ1) is 9.56. The molecule has 0 amide bonds. The zero-order chi connectivity index (χ0) is 14.5. The van der Waals surface area contributed by atoms with Crippen LogP contribution in [0.3, 0.4) is 0 Å². The Morgan fingerprint density at radius 1 is 1.10 bits per heavy atom. The van der Waals surface area contributed by atoms with E-state index in [1.165, 1.54) is 4.90 Å². The molecule has 106 valence electrons. The van der Waals surface area contributed by atoms with Gasteiger partial charge in [-0.25, -0.2) is 0 Å². The first-order valence-corrected chi connectivity index (χ1v) is 8.66. The second kappa shape index (κ2) is 7.71. The molecule has 0 spiro atoms. The highest BCUT2D eigenvalue weighted by molar-refractivity contribution is 9.10. The van der Waals surface area contributed by atoms with E-state index in [-0.39, 0.29) is 6.04 Å². The quantitative estimate of drug-likeness (QED) is 0.690. The Morgan fingerprint density at radius 2 is 1.85 bits per heavy atom. The molecule has 0 heterocycles. The van der Waals surface area contributed by atoms with Crippen molar-refractivity contribution in [3.8, 4) is 0 Å². The second-order valence-electron chi connectivity index (χ2n) is 4.45. The zero-order valence-corrected chi connectivity index (χ0v) is 14.6. The van der Waals surface area contributed by atoms with Gasteiger partial charge < -0.3 is 5.73 Å². The number of hydrogen-bond acceptors (Lipinski definition) is 2. The van der Waals surface area contributed by atoms with Crippen LogP contribution in [-0.2, 0) is 6.42 Å². The van der Waals surface area contributed by atoms with E-state index in [9.17, 15) is 0 Å². The molecule has 2 aromatic rings. The standard InChI is InChI=1S/C15H14BrCl2NS/c16-12-3-1-2-4-15(12)20-9-11(19)7-10-5-6-13(17)14(18)8-10/h1-6,8,11H,7,9,19H2. The van der Waals surface area contributed by atoms with Crippen LogP contribution < -0.4 is 5.73 Å². The van der Waals surface area contributed by atoms with Crippen LogP contribution in [0.25, 0.3) is 0 Å². The van der Waals surface area contributed by atoms with Gasteiger partial charge in [-0.2, -0.15) is 0 Å². The van der Waals surface area contributed by atoms with Crippen LogP contribution >= 0.6 is 50.9 Å². The summed E-state index contributed by atoms with van der Waals surface area (Å²) >= 11 is 17.2. The third-order valence-electron chi connectivity index (χ3n) is 2.77. The number of halogens is 3. The van der Waals surface area contributed by atoms with E-state index in [4.69, 9.17) is 28.9 Å². The summed E-state index contributed by atoms with van der Waals surface area (Å²) in [4.78, 5) is 1.21. The molecule has 2 rings (SSSR count). The summed E-state index contributed by atoms with van der Waals surface area (Å²) in [5.41, 5.74) is 7.29. The highest BCUT2D eigenvalue weighted by Gasteiger charge is 2.08. The van der Waals surface area contributed by atoms with Gasteiger partial charge in [0, 0.05) is 21.2 Å². The molecule has 1 nitrogen and oxygen atoms in total. The Balaban J connectivity index is 1.91. The molecule has 0 radical (unpaired) electrons. The minimum atomic E-state index is 0.0735. The Labute approximate surface area is 142 Å². The van der Waals surface area contributed by atoms with Crippen LogP contribution in [0.1, 0.15) is 5.56 Å². The molecular formula is C15H14BrCl2NS. The van der Waals surface area contributed by atoms with Gasteiger partial charge in [-0.05, 0) is 52.2 Å². The van der Waals surface area contributed by atoms with Crippen molar-refractivity contribution in [2.75, 3.05) is 5.75 Å². The lowest BCUT2D eigenvalue weighted by Crippen LogP contribution is -2.25. The molecule has 20 heavy (non-hydrogen) atoms. The largest absolute Gasteiger partial charge is 0.327 e. The normalized spacial score (nSPS) is 12.4. The molecule has 0 saturated carbocycles. The summed E-state index contributed by atoms with van der Waals surface area (Å²) in [6.45, 7) is 0. The Kier molecular flexibility index (Phi) is 6.24. The Morgan fingerprint density at radius 3 is 2.55 bits per heavy atom. The number of benzene rings is 2. The van der Waals surface area contributed by atoms with Gasteiger partial charge in [0.2, 0.25) is 0 Å². The van der Waals surface area contributed by atoms with Gasteiger partial charge in [0.25, 0.3) is 0 Å². The van der Waals surface area contributed by atoms with Gasteiger partial charge in [0.1, 0.15) is 0 Å². The van der Waals surface area contributed by atoms with Crippen LogP contribution in [0.15, 0.2) is 51.8 Å². The number of thioether (sulfide) groups is 1. The van der Waals surface area contributed by atoms with Crippen molar-refractivity contribution >= 4 is 50.9 Å². The average Bonchev–Trinajstić information content (AvgIpc) is 2.42. The van der Waals surface area contributed by atoms with Crippen LogP contribution in [0, 0.1) is 0 Å². The lowest BCUT2D eigenvalue weighted by Gasteiger charge is -2.12. The predicted octanol–water partition coefficient (Wildman–Crippen LogP) is 5.42. The van der Waals surface area contributed by atoms with Gasteiger partial charge in [-0.3, -0.25) is 0 Å². The molecule has 1 atom stereocenters. The van der Waals surface area contributed by atoms with Gasteiger partial charge in [0.15, 0.2) is 0 Å². The van der Waals surface area contributed by atoms with Crippen LogP contribution in [0.4, 0.5) is 0 Å². The maximum atomic E-state index is 6.18. The minimum absolute atomic E-state index is 0.0735. The maximum Gasteiger partial charge on any atom is 0.0595 e. The summed E-state index contributed by atoms with van der Waals surface area (Å²) in [6, 6.07) is 13.9. The van der Waals surface area contributed by atoms with Crippen molar-refractivity contribution < 1.29 is 0 Å². The van der Waals surface area contributed by atoms with Crippen LogP contribution in [0.5, 0.6) is 0 Å². The van der Waals surface area contributed by atoms with Crippen LogP contribution in [0.2, 0.25) is 10.0 Å². The van der Waals surface area contributed by atoms with Crippen LogP contribution in [-0.4, -0.2) is 11.8 Å². The lowest BCUT2D eigenvalue weighted by molar-refractivity contribution is 0.748. The molecule has 0 saturated heterocycles. The fourth-order valence-electron chi connectivity index (χ4n) is 1.79. The predicted molar refractivity (Wildman–Crippen MR) is 93.0 cm³/mol. The average molecular weight is 391 g/mol. The van der Waals surface area contributed by atoms with E-state index in [2.05, 4.69) is 22.0 Å². The fourth-order valence-corrected chi connectivity index (χ4v) is 3.63. The summed E-state index contributed by atoms with van der Waals surface area (Å²) in [7, 11) is 0. The van der Waals surface area contributed by atoms with Crippen molar-refractivity contribution in [3.63, 3.8) is 0 Å². The third-order valence-corrected chi connectivity index (χ3v) is 5.73. The van der Waals surface area contributed by atoms with E-state index in [1.54, 1.807) is 11.8 Å². The highest BCUT2D eigenvalue weighted by Crippen LogP contribution is 2.28. The first-order valence-electron chi connectivity index (χ1n) is 6.13. The van der Waals surface area contributed by atoms with Crippen molar-refractivity contribution in [1.29, 1.82) is 0 Å². The van der Waals surface area contributed by atoms with Crippen molar-refractivity contribution in [2.45, 2.75) is 17.4 Å². The molecule has 0 aromatic heterocycles. The summed E-state index contributed by atoms with van der Waals surface area (Å²) in [6.07, 6.45) is 0.786. The third kappa shape index (κ3) is 4.68. The Bertz CT molecular complexity index is 592. The van der Waals surface area contributed by atoms with Crippen molar-refractivity contribution in [3.05, 3.63) is 62.5 Å². The van der Waals surface area contributed by atoms with Gasteiger partial charge >= 0.3 is 0 Å². The first kappa shape index (κ1) is 16.2. The fraction of sp³-hybridized carbons (Fsp3) is 0.200. The molecule has 5 heteroatoms. The van der Waals surface area contributed by atoms with E-state index < -0.39 is 0 Å². The number of nitrogens with two attached hydrogens (primary N) is 1. The van der Waals surface area contributed by atoms with Gasteiger partial charge in [-0.1, -0.05) is 41.4 Å². The summed E-state index contributed by atoms with van der Waals surface area (Å²) in [5, 5.41) is 1.15. The molecule has 0 bridgehead atoms. The minimum Gasteiger partial charge on any atom is -0.327 e. The summed E-state index contributed by atoms with van der Waals surface area (Å²) in [5.74, 6) is 0.850. The molecular weight excluding hydrogens is 377 g/mol. The van der Waals surface area contributed by atoms with Crippen molar-refractivity contribution in [1.82, 2.24) is 0 Å². The molecule has 2 N–H and O–H groups in total. The molecule has 1 unspecified atom stereocenters. The van der Waals surface area contributed by atoms with Gasteiger partial charge in [-0.15, -0.1) is 11.8 Å². The van der Waals surface area contributed by atoms with E-state index in [1.807, 2.05) is 36.4 Å². The number of rotatable bonds is 5. The second-order valence-corrected chi connectivity index (χ2v) is 7.18. The maximum absolute atomic E-state index is 6.18. The molecule has 2 aromatic carbocycles. The zero-order valence-electron chi connectivity index (χ0n) is 10.7. The molecule has 0 aliphatic heterocycles. The van der Waals surface area contributed by atoms with E-state index >= 15 is 0 Å². The highest BCUT2D eigenvalue weighted by atomic mass is 79.9. The molecule has 0 aliphatic rings. The van der Waals surface area contributed by atoms with Crippen molar-refractivity contribution in [2.24, 2.45) is 5.73 Å². The van der Waals surface area contributed by atoms with Gasteiger partial charge in [0.05, 0.1) is 10.0 Å². The SMILES string of the molecule is NC(CSc1ccccc1Br)Cc1ccc(Cl)c(Cl)c1. The van der Waals surface area contributed by atoms with E-state index in [0.717, 1.165) is 22.2 Å². The summed E-state index contributed by atoms with van der Waals surface area (Å²) < 4.78 is 1.10. The smallest absolute Gasteiger partial charge is 0.0595 e. The lowest BCUT2D eigenvalue weighted by atomic mass is 10.1. The monoisotopic (exact) mass is 389 g/mol.